The number of pyridine rings is 1. The van der Waals surface area contributed by atoms with E-state index in [4.69, 9.17) is 5.73 Å². The van der Waals surface area contributed by atoms with Crippen LogP contribution in [0.25, 0.3) is 22.0 Å². The number of carbonyl (C=O) groups excluding carboxylic acids is 2. The van der Waals surface area contributed by atoms with Crippen molar-refractivity contribution in [1.82, 2.24) is 9.88 Å². The van der Waals surface area contributed by atoms with Gasteiger partial charge in [0.2, 0.25) is 5.91 Å². The number of para-hydroxylation sites is 1. The number of hydrogen-bond donors (Lipinski definition) is 1. The fraction of sp³-hybridized carbons (Fsp3) is 0.261. The van der Waals surface area contributed by atoms with Crippen molar-refractivity contribution in [3.05, 3.63) is 66.4 Å². The first-order valence-electron chi connectivity index (χ1n) is 9.66. The van der Waals surface area contributed by atoms with E-state index in [2.05, 4.69) is 11.1 Å². The molecule has 3 aromatic rings. The van der Waals surface area contributed by atoms with Gasteiger partial charge < -0.3 is 10.6 Å². The molecule has 0 bridgehead atoms. The maximum Gasteiger partial charge on any atom is 0.254 e. The predicted molar refractivity (Wildman–Crippen MR) is 110 cm³/mol. The van der Waals surface area contributed by atoms with Crippen LogP contribution in [-0.4, -0.2) is 34.3 Å². The summed E-state index contributed by atoms with van der Waals surface area (Å²) in [6.45, 7) is 0.674. The highest BCUT2D eigenvalue weighted by Crippen LogP contribution is 2.25. The standard InChI is InChI=1S/C23H23N3O2/c24-22(27)14-20-6-3-4-12-26(20)23(28)17-10-8-16(9-11-17)19-13-18-5-1-2-7-21(18)25-15-19/h1-2,5,7-11,13,15,20H,3-4,6,12,14H2,(H2,24,27)/t20-/m1/s1. The van der Waals surface area contributed by atoms with Gasteiger partial charge in [-0.15, -0.1) is 0 Å². The van der Waals surface area contributed by atoms with Gasteiger partial charge in [-0.25, -0.2) is 0 Å². The van der Waals surface area contributed by atoms with E-state index in [1.807, 2.05) is 54.7 Å². The van der Waals surface area contributed by atoms with Crippen molar-refractivity contribution < 1.29 is 9.59 Å². The molecular formula is C23H23N3O2. The Bertz CT molecular complexity index is 1010. The van der Waals surface area contributed by atoms with E-state index in [0.29, 0.717) is 12.1 Å². The number of fused-ring (bicyclic) bond motifs is 1. The van der Waals surface area contributed by atoms with Gasteiger partial charge in [0.05, 0.1) is 5.52 Å². The highest BCUT2D eigenvalue weighted by Gasteiger charge is 2.28. The second kappa shape index (κ2) is 7.80. The lowest BCUT2D eigenvalue weighted by Crippen LogP contribution is -2.45. The molecule has 1 saturated heterocycles. The van der Waals surface area contributed by atoms with Crippen LogP contribution in [0.1, 0.15) is 36.0 Å². The normalized spacial score (nSPS) is 16.9. The number of carbonyl (C=O) groups is 2. The Balaban J connectivity index is 1.56. The lowest BCUT2D eigenvalue weighted by atomic mass is 9.97. The SMILES string of the molecule is NC(=O)C[C@H]1CCCCN1C(=O)c1ccc(-c2cnc3ccccc3c2)cc1. The smallest absolute Gasteiger partial charge is 0.254 e. The summed E-state index contributed by atoms with van der Waals surface area (Å²) in [6.07, 6.45) is 4.90. The van der Waals surface area contributed by atoms with Crippen LogP contribution >= 0.6 is 0 Å². The van der Waals surface area contributed by atoms with Crippen molar-refractivity contribution >= 4 is 22.7 Å². The molecule has 0 saturated carbocycles. The van der Waals surface area contributed by atoms with Crippen LogP contribution in [0.4, 0.5) is 0 Å². The van der Waals surface area contributed by atoms with Crippen molar-refractivity contribution in [2.45, 2.75) is 31.7 Å². The molecule has 2 N–H and O–H groups in total. The highest BCUT2D eigenvalue weighted by molar-refractivity contribution is 5.95. The van der Waals surface area contributed by atoms with Crippen LogP contribution in [-0.2, 0) is 4.79 Å². The van der Waals surface area contributed by atoms with E-state index >= 15 is 0 Å². The second-order valence-corrected chi connectivity index (χ2v) is 7.31. The summed E-state index contributed by atoms with van der Waals surface area (Å²) < 4.78 is 0. The molecule has 0 radical (unpaired) electrons. The van der Waals surface area contributed by atoms with E-state index < -0.39 is 0 Å². The molecule has 1 atom stereocenters. The third kappa shape index (κ3) is 3.74. The van der Waals surface area contributed by atoms with Crippen LogP contribution in [0.3, 0.4) is 0 Å². The molecule has 2 aromatic carbocycles. The second-order valence-electron chi connectivity index (χ2n) is 7.31. The summed E-state index contributed by atoms with van der Waals surface area (Å²) in [5.74, 6) is -0.391. The zero-order valence-corrected chi connectivity index (χ0v) is 15.7. The number of benzene rings is 2. The molecule has 1 fully saturated rings. The maximum absolute atomic E-state index is 13.0. The van der Waals surface area contributed by atoms with Crippen molar-refractivity contribution in [3.8, 4) is 11.1 Å². The number of likely N-dealkylation sites (tertiary alicyclic amines) is 1. The lowest BCUT2D eigenvalue weighted by molar-refractivity contribution is -0.119. The number of nitrogens with zero attached hydrogens (tertiary/aromatic N) is 2. The molecule has 0 aliphatic carbocycles. The number of hydrogen-bond acceptors (Lipinski definition) is 3. The molecule has 1 aromatic heterocycles. The van der Waals surface area contributed by atoms with Crippen LogP contribution in [0, 0.1) is 0 Å². The van der Waals surface area contributed by atoms with Gasteiger partial charge in [-0.05, 0) is 49.1 Å². The first-order chi connectivity index (χ1) is 13.6. The quantitative estimate of drug-likeness (QED) is 0.756. The zero-order valence-electron chi connectivity index (χ0n) is 15.7. The van der Waals surface area contributed by atoms with E-state index in [0.717, 1.165) is 41.3 Å². The lowest BCUT2D eigenvalue weighted by Gasteiger charge is -2.35. The Labute approximate surface area is 164 Å². The summed E-state index contributed by atoms with van der Waals surface area (Å²) in [5, 5.41) is 1.09. The van der Waals surface area contributed by atoms with Crippen molar-refractivity contribution in [2.24, 2.45) is 5.73 Å². The fourth-order valence-corrected chi connectivity index (χ4v) is 3.91. The predicted octanol–water partition coefficient (Wildman–Crippen LogP) is 3.77. The number of amides is 2. The number of piperidine rings is 1. The van der Waals surface area contributed by atoms with Crippen LogP contribution in [0.5, 0.6) is 0 Å². The average Bonchev–Trinajstić information content (AvgIpc) is 2.73. The topological polar surface area (TPSA) is 76.3 Å². The summed E-state index contributed by atoms with van der Waals surface area (Å²) in [6, 6.07) is 17.6. The largest absolute Gasteiger partial charge is 0.370 e. The molecular weight excluding hydrogens is 350 g/mol. The molecule has 1 aliphatic heterocycles. The highest BCUT2D eigenvalue weighted by atomic mass is 16.2. The van der Waals surface area contributed by atoms with Crippen LogP contribution in [0.2, 0.25) is 0 Å². The molecule has 0 spiro atoms. The Morgan fingerprint density at radius 1 is 1.04 bits per heavy atom. The van der Waals surface area contributed by atoms with Gasteiger partial charge >= 0.3 is 0 Å². The molecule has 2 heterocycles. The van der Waals surface area contributed by atoms with E-state index in [1.165, 1.54) is 0 Å². The van der Waals surface area contributed by atoms with Gasteiger partial charge in [0.1, 0.15) is 0 Å². The minimum absolute atomic E-state index is 0.0332. The number of nitrogens with two attached hydrogens (primary N) is 1. The average molecular weight is 373 g/mol. The first kappa shape index (κ1) is 18.2. The molecule has 5 heteroatoms. The number of primary amides is 1. The fourth-order valence-electron chi connectivity index (χ4n) is 3.91. The van der Waals surface area contributed by atoms with E-state index in [-0.39, 0.29) is 24.3 Å². The van der Waals surface area contributed by atoms with Gasteiger partial charge in [-0.3, -0.25) is 14.6 Å². The molecule has 4 rings (SSSR count). The van der Waals surface area contributed by atoms with Crippen LogP contribution in [0.15, 0.2) is 60.8 Å². The van der Waals surface area contributed by atoms with Gasteiger partial charge in [0.15, 0.2) is 0 Å². The Kier molecular flexibility index (Phi) is 5.06. The third-order valence-electron chi connectivity index (χ3n) is 5.38. The molecule has 2 amide bonds. The van der Waals surface area contributed by atoms with Gasteiger partial charge in [0, 0.05) is 41.7 Å². The molecule has 142 valence electrons. The minimum atomic E-state index is -0.358. The monoisotopic (exact) mass is 373 g/mol. The molecule has 5 nitrogen and oxygen atoms in total. The minimum Gasteiger partial charge on any atom is -0.370 e. The molecule has 28 heavy (non-hydrogen) atoms. The summed E-state index contributed by atoms with van der Waals surface area (Å²) in [7, 11) is 0. The van der Waals surface area contributed by atoms with Crippen molar-refractivity contribution in [2.75, 3.05) is 6.54 Å². The van der Waals surface area contributed by atoms with Gasteiger partial charge in [0.25, 0.3) is 5.91 Å². The zero-order chi connectivity index (χ0) is 19.5. The molecule has 0 unspecified atom stereocenters. The maximum atomic E-state index is 13.0. The number of rotatable bonds is 4. The third-order valence-corrected chi connectivity index (χ3v) is 5.38. The Morgan fingerprint density at radius 2 is 1.82 bits per heavy atom. The Morgan fingerprint density at radius 3 is 2.61 bits per heavy atom. The van der Waals surface area contributed by atoms with Crippen molar-refractivity contribution in [3.63, 3.8) is 0 Å². The summed E-state index contributed by atoms with van der Waals surface area (Å²) in [4.78, 5) is 30.6. The Hall–Kier alpha value is -3.21. The van der Waals surface area contributed by atoms with Gasteiger partial charge in [-0.1, -0.05) is 30.3 Å². The number of aromatic nitrogens is 1. The molecule has 1 aliphatic rings. The van der Waals surface area contributed by atoms with Crippen molar-refractivity contribution in [1.29, 1.82) is 0 Å². The summed E-state index contributed by atoms with van der Waals surface area (Å²) >= 11 is 0. The summed E-state index contributed by atoms with van der Waals surface area (Å²) in [5.41, 5.74) is 8.99. The van der Waals surface area contributed by atoms with Gasteiger partial charge in [-0.2, -0.15) is 0 Å². The van der Waals surface area contributed by atoms with Crippen LogP contribution < -0.4 is 5.73 Å². The van der Waals surface area contributed by atoms with E-state index in [1.54, 1.807) is 4.90 Å². The first-order valence-corrected chi connectivity index (χ1v) is 9.66. The van der Waals surface area contributed by atoms with E-state index in [9.17, 15) is 9.59 Å².